The number of halogens is 1. The van der Waals surface area contributed by atoms with Gasteiger partial charge in [0.15, 0.2) is 5.65 Å². The lowest BCUT2D eigenvalue weighted by atomic mass is 9.86. The van der Waals surface area contributed by atoms with Gasteiger partial charge in [-0.2, -0.15) is 0 Å². The fraction of sp³-hybridized carbons (Fsp3) is 0.435. The first-order valence-corrected chi connectivity index (χ1v) is 10.6. The van der Waals surface area contributed by atoms with Crippen molar-refractivity contribution in [2.75, 3.05) is 7.11 Å². The van der Waals surface area contributed by atoms with Gasteiger partial charge in [0.25, 0.3) is 5.56 Å². The Bertz CT molecular complexity index is 1110. The molecule has 0 unspecified atom stereocenters. The number of aromatic nitrogens is 3. The number of hydrogen-bond acceptors (Lipinski definition) is 4. The van der Waals surface area contributed by atoms with Crippen molar-refractivity contribution in [2.24, 2.45) is 5.92 Å². The number of aryl methyl sites for hydroxylation is 1. The summed E-state index contributed by atoms with van der Waals surface area (Å²) in [7, 11) is 1.70. The smallest absolute Gasteiger partial charge is 0.272 e. The fourth-order valence-corrected chi connectivity index (χ4v) is 4.27. The zero-order valence-electron chi connectivity index (χ0n) is 17.7. The van der Waals surface area contributed by atoms with Crippen LogP contribution in [0, 0.1) is 18.7 Å². The predicted molar refractivity (Wildman–Crippen MR) is 114 cm³/mol. The third kappa shape index (κ3) is 4.85. The number of amides is 1. The van der Waals surface area contributed by atoms with Crippen molar-refractivity contribution in [1.29, 1.82) is 0 Å². The lowest BCUT2D eigenvalue weighted by Gasteiger charge is -2.28. The molecule has 1 aliphatic rings. The van der Waals surface area contributed by atoms with Crippen molar-refractivity contribution in [2.45, 2.75) is 51.2 Å². The Morgan fingerprint density at radius 1 is 1.26 bits per heavy atom. The van der Waals surface area contributed by atoms with E-state index in [9.17, 15) is 14.0 Å². The molecule has 0 radical (unpaired) electrons. The lowest BCUT2D eigenvalue weighted by Crippen LogP contribution is -2.37. The first-order valence-electron chi connectivity index (χ1n) is 10.6. The molecule has 0 bridgehead atoms. The van der Waals surface area contributed by atoms with Crippen LogP contribution in [-0.2, 0) is 16.0 Å². The molecular formula is C23H27FN4O3. The van der Waals surface area contributed by atoms with Crippen molar-refractivity contribution in [3.63, 3.8) is 0 Å². The van der Waals surface area contributed by atoms with E-state index in [1.165, 1.54) is 22.7 Å². The number of rotatable bonds is 6. The van der Waals surface area contributed by atoms with Crippen molar-refractivity contribution in [3.05, 3.63) is 69.5 Å². The number of carbonyl (C=O) groups excluding carboxylic acids is 1. The van der Waals surface area contributed by atoms with Crippen LogP contribution >= 0.6 is 0 Å². The molecule has 1 amide bonds. The van der Waals surface area contributed by atoms with Gasteiger partial charge in [-0.25, -0.2) is 13.9 Å². The van der Waals surface area contributed by atoms with Gasteiger partial charge in [-0.1, -0.05) is 12.1 Å². The minimum absolute atomic E-state index is 0.0285. The molecule has 0 aliphatic heterocycles. The topological polar surface area (TPSA) is 88.5 Å². The van der Waals surface area contributed by atoms with Gasteiger partial charge in [-0.15, -0.1) is 0 Å². The summed E-state index contributed by atoms with van der Waals surface area (Å²) >= 11 is 0. The van der Waals surface area contributed by atoms with E-state index < -0.39 is 6.04 Å². The minimum atomic E-state index is -0.414. The highest BCUT2D eigenvalue weighted by Gasteiger charge is 2.28. The molecule has 2 N–H and O–H groups in total. The first-order chi connectivity index (χ1) is 14.9. The Morgan fingerprint density at radius 3 is 2.65 bits per heavy atom. The molecule has 1 aliphatic carbocycles. The van der Waals surface area contributed by atoms with Gasteiger partial charge < -0.3 is 10.1 Å². The monoisotopic (exact) mass is 426 g/mol. The summed E-state index contributed by atoms with van der Waals surface area (Å²) in [6.07, 6.45) is 3.81. The van der Waals surface area contributed by atoms with Crippen LogP contribution in [0.2, 0.25) is 0 Å². The maximum atomic E-state index is 13.5. The second-order valence-corrected chi connectivity index (χ2v) is 8.24. The molecule has 0 saturated heterocycles. The third-order valence-electron chi connectivity index (χ3n) is 6.01. The molecule has 8 heteroatoms. The van der Waals surface area contributed by atoms with Crippen LogP contribution in [0.4, 0.5) is 4.39 Å². The number of ether oxygens (including phenoxy) is 1. The molecule has 7 nitrogen and oxygen atoms in total. The molecule has 164 valence electrons. The molecule has 4 rings (SSSR count). The van der Waals surface area contributed by atoms with Gasteiger partial charge in [0, 0.05) is 37.3 Å². The van der Waals surface area contributed by atoms with E-state index in [4.69, 9.17) is 4.74 Å². The average molecular weight is 426 g/mol. The number of fused-ring (bicyclic) bond motifs is 1. The summed E-state index contributed by atoms with van der Waals surface area (Å²) in [6.45, 7) is 1.85. The number of hydrogen-bond donors (Lipinski definition) is 2. The van der Waals surface area contributed by atoms with E-state index >= 15 is 0 Å². The van der Waals surface area contributed by atoms with Gasteiger partial charge in [-0.3, -0.25) is 14.7 Å². The van der Waals surface area contributed by atoms with Crippen LogP contribution in [0.5, 0.6) is 0 Å². The Morgan fingerprint density at radius 2 is 1.97 bits per heavy atom. The van der Waals surface area contributed by atoms with Crippen LogP contribution in [0.25, 0.3) is 5.65 Å². The maximum absolute atomic E-state index is 13.5. The summed E-state index contributed by atoms with van der Waals surface area (Å²) in [5.74, 6) is -0.450. The zero-order valence-corrected chi connectivity index (χ0v) is 17.7. The van der Waals surface area contributed by atoms with Crippen molar-refractivity contribution < 1.29 is 13.9 Å². The predicted octanol–water partition coefficient (Wildman–Crippen LogP) is 3.08. The molecule has 2 aromatic heterocycles. The fourth-order valence-electron chi connectivity index (χ4n) is 4.27. The van der Waals surface area contributed by atoms with E-state index in [2.05, 4.69) is 15.4 Å². The Hall–Kier alpha value is -3.00. The van der Waals surface area contributed by atoms with Crippen LogP contribution in [0.15, 0.2) is 41.2 Å². The van der Waals surface area contributed by atoms with E-state index in [0.717, 1.165) is 36.9 Å². The molecule has 2 heterocycles. The molecule has 1 aromatic carbocycles. The molecule has 1 fully saturated rings. The Kier molecular flexibility index (Phi) is 6.18. The van der Waals surface area contributed by atoms with Crippen molar-refractivity contribution >= 4 is 11.6 Å². The third-order valence-corrected chi connectivity index (χ3v) is 6.01. The quantitative estimate of drug-likeness (QED) is 0.634. The van der Waals surface area contributed by atoms with Crippen LogP contribution in [-0.4, -0.2) is 33.7 Å². The molecule has 31 heavy (non-hydrogen) atoms. The maximum Gasteiger partial charge on any atom is 0.272 e. The normalized spacial score (nSPS) is 20.0. The van der Waals surface area contributed by atoms with Gasteiger partial charge in [-0.05, 0) is 50.3 Å². The van der Waals surface area contributed by atoms with Crippen LogP contribution in [0.1, 0.15) is 48.7 Å². The number of H-pyrrole nitrogens is 1. The highest BCUT2D eigenvalue weighted by atomic mass is 19.1. The summed E-state index contributed by atoms with van der Waals surface area (Å²) in [6, 6.07) is 8.92. The molecule has 3 aromatic rings. The molecular weight excluding hydrogens is 399 g/mol. The number of carbonyl (C=O) groups is 1. The summed E-state index contributed by atoms with van der Waals surface area (Å²) in [5.41, 5.74) is 2.49. The van der Waals surface area contributed by atoms with Gasteiger partial charge in [0.05, 0.1) is 17.8 Å². The minimum Gasteiger partial charge on any atom is -0.381 e. The number of nitrogens with zero attached hydrogens (tertiary/aromatic N) is 2. The van der Waals surface area contributed by atoms with E-state index in [-0.39, 0.29) is 29.3 Å². The molecule has 0 spiro atoms. The number of nitrogens with one attached hydrogen (secondary N) is 2. The summed E-state index contributed by atoms with van der Waals surface area (Å²) in [4.78, 5) is 30.0. The van der Waals surface area contributed by atoms with Gasteiger partial charge in [0.2, 0.25) is 5.91 Å². The first kappa shape index (κ1) is 21.2. The summed E-state index contributed by atoms with van der Waals surface area (Å²) in [5, 5.41) is 6.07. The molecule has 1 atom stereocenters. The van der Waals surface area contributed by atoms with Gasteiger partial charge in [0.1, 0.15) is 5.82 Å². The molecule has 1 saturated carbocycles. The van der Waals surface area contributed by atoms with Crippen molar-refractivity contribution in [1.82, 2.24) is 19.9 Å². The Balaban J connectivity index is 1.57. The second kappa shape index (κ2) is 9.01. The number of aromatic amines is 1. The van der Waals surface area contributed by atoms with Crippen LogP contribution < -0.4 is 10.9 Å². The Labute approximate surface area is 179 Å². The van der Waals surface area contributed by atoms with Crippen molar-refractivity contribution in [3.8, 4) is 0 Å². The largest absolute Gasteiger partial charge is 0.381 e. The highest BCUT2D eigenvalue weighted by molar-refractivity contribution is 5.79. The number of benzene rings is 1. The van der Waals surface area contributed by atoms with E-state index in [0.29, 0.717) is 17.8 Å². The second-order valence-electron chi connectivity index (χ2n) is 8.24. The zero-order chi connectivity index (χ0) is 22.0. The van der Waals surface area contributed by atoms with E-state index in [1.807, 2.05) is 6.92 Å². The standard InChI is InChI=1S/C23H27FN4O3/c1-14-11-21-25-18(13-22(29)28(21)27-14)12-20(15-3-7-17(24)8-4-15)26-23(30)16-5-9-19(31-2)10-6-16/h3-4,7-8,11,13,16,19-20,27H,5-6,9-10,12H2,1-2H3,(H,26,30)/t16?,19?,20-/m0/s1. The lowest BCUT2D eigenvalue weighted by molar-refractivity contribution is -0.127. The summed E-state index contributed by atoms with van der Waals surface area (Å²) < 4.78 is 20.3. The van der Waals surface area contributed by atoms with Crippen LogP contribution in [0.3, 0.4) is 0 Å². The van der Waals surface area contributed by atoms with E-state index in [1.54, 1.807) is 25.3 Å². The average Bonchev–Trinajstić information content (AvgIpc) is 3.14. The van der Waals surface area contributed by atoms with Gasteiger partial charge >= 0.3 is 0 Å². The highest BCUT2D eigenvalue weighted by Crippen LogP contribution is 2.27. The SMILES string of the molecule is COC1CCC(C(=O)N[C@@H](Cc2cc(=O)n3[nH]c(C)cc3n2)c2ccc(F)cc2)CC1. The number of methoxy groups -OCH3 is 1.